The molecule has 0 spiro atoms. The van der Waals surface area contributed by atoms with Crippen LogP contribution in [0.5, 0.6) is 0 Å². The molecule has 140 valence electrons. The number of amides is 3. The van der Waals surface area contributed by atoms with Crippen LogP contribution in [0, 0.1) is 0 Å². The molecule has 0 aliphatic carbocycles. The zero-order chi connectivity index (χ0) is 20.3. The van der Waals surface area contributed by atoms with E-state index in [9.17, 15) is 24.0 Å². The normalized spacial score (nSPS) is 14.1. The van der Waals surface area contributed by atoms with Gasteiger partial charge in [-0.1, -0.05) is 42.5 Å². The molecular formula is C21H17N2O5+. The van der Waals surface area contributed by atoms with E-state index in [0.29, 0.717) is 11.1 Å². The average Bonchev–Trinajstić information content (AvgIpc) is 2.70. The molecule has 0 fully saturated rings. The Morgan fingerprint density at radius 1 is 0.857 bits per heavy atom. The molecule has 2 aromatic rings. The molecule has 1 aliphatic rings. The van der Waals surface area contributed by atoms with E-state index >= 15 is 0 Å². The molecule has 0 atom stereocenters. The van der Waals surface area contributed by atoms with E-state index in [1.165, 1.54) is 24.3 Å². The number of imide groups is 1. The van der Waals surface area contributed by atoms with Crippen molar-refractivity contribution >= 4 is 29.3 Å². The van der Waals surface area contributed by atoms with Crippen molar-refractivity contribution in [2.45, 2.75) is 13.0 Å². The van der Waals surface area contributed by atoms with Gasteiger partial charge in [0, 0.05) is 23.6 Å². The van der Waals surface area contributed by atoms with Gasteiger partial charge in [-0.15, -0.1) is 0 Å². The molecule has 0 radical (unpaired) electrons. The highest BCUT2D eigenvalue weighted by Crippen LogP contribution is 2.19. The predicted octanol–water partition coefficient (Wildman–Crippen LogP) is 0.706. The van der Waals surface area contributed by atoms with Gasteiger partial charge in [0.1, 0.15) is 0 Å². The molecule has 0 saturated carbocycles. The monoisotopic (exact) mass is 377 g/mol. The Morgan fingerprint density at radius 2 is 1.46 bits per heavy atom. The molecule has 28 heavy (non-hydrogen) atoms. The van der Waals surface area contributed by atoms with Crippen molar-refractivity contribution in [2.24, 2.45) is 0 Å². The van der Waals surface area contributed by atoms with E-state index in [4.69, 9.17) is 0 Å². The van der Waals surface area contributed by atoms with Crippen molar-refractivity contribution in [3.05, 3.63) is 82.9 Å². The maximum absolute atomic E-state index is 12.4. The van der Waals surface area contributed by atoms with Gasteiger partial charge in [0.15, 0.2) is 5.78 Å². The Kier molecular flexibility index (Phi) is 5.37. The first-order valence-electron chi connectivity index (χ1n) is 8.51. The van der Waals surface area contributed by atoms with Gasteiger partial charge in [0.05, 0.1) is 12.1 Å². The van der Waals surface area contributed by atoms with Crippen LogP contribution in [0.4, 0.5) is 0 Å². The fourth-order valence-corrected chi connectivity index (χ4v) is 2.82. The van der Waals surface area contributed by atoms with Crippen LogP contribution in [0.25, 0.3) is 0 Å². The van der Waals surface area contributed by atoms with Crippen molar-refractivity contribution in [1.82, 2.24) is 4.90 Å². The minimum atomic E-state index is -0.947. The molecule has 1 heterocycles. The topological polar surface area (TPSA) is 116 Å². The van der Waals surface area contributed by atoms with Crippen molar-refractivity contribution in [2.75, 3.05) is 0 Å². The lowest BCUT2D eigenvalue weighted by Gasteiger charge is -2.23. The number of quaternary nitrogens is 1. The molecule has 3 rings (SSSR count). The Morgan fingerprint density at radius 3 is 2.07 bits per heavy atom. The zero-order valence-corrected chi connectivity index (χ0v) is 14.9. The van der Waals surface area contributed by atoms with Gasteiger partial charge in [-0.25, -0.2) is 4.79 Å². The van der Waals surface area contributed by atoms with E-state index in [0.717, 1.165) is 11.0 Å². The standard InChI is InChI=1S/C21H16N2O5/c22-20(27)15-8-6-14(7-9-15)17(24)10-16-11-18(25)23(21(28)19(16)26)12-13-4-2-1-3-5-13/h1-9,11H,10,12H2,(H2,22,27)/p+1. The number of carbonyl (C=O) groups excluding carboxylic acids is 5. The number of carbonyl (C=O) groups is 5. The van der Waals surface area contributed by atoms with Crippen LogP contribution in [0.2, 0.25) is 0 Å². The summed E-state index contributed by atoms with van der Waals surface area (Å²) in [7, 11) is 0. The number of Topliss-reactive ketones (excluding diaryl/α,β-unsaturated/α-hetero) is 2. The van der Waals surface area contributed by atoms with E-state index in [-0.39, 0.29) is 30.0 Å². The van der Waals surface area contributed by atoms with Gasteiger partial charge in [-0.2, -0.15) is 0 Å². The first-order valence-corrected chi connectivity index (χ1v) is 8.51. The first-order chi connectivity index (χ1) is 13.4. The minimum absolute atomic E-state index is 0.0114. The number of hydrogen-bond donors (Lipinski definition) is 1. The minimum Gasteiger partial charge on any atom is -0.294 e. The maximum Gasteiger partial charge on any atom is 0.340 e. The fraction of sp³-hybridized carbons (Fsp3) is 0.0952. The second-order valence-electron chi connectivity index (χ2n) is 6.31. The van der Waals surface area contributed by atoms with Crippen LogP contribution < -0.4 is 5.73 Å². The molecule has 0 bridgehead atoms. The Labute approximate surface area is 160 Å². The summed E-state index contributed by atoms with van der Waals surface area (Å²) in [5.41, 5.74) is 4.48. The third-order valence-electron chi connectivity index (χ3n) is 4.36. The summed E-state index contributed by atoms with van der Waals surface area (Å²) < 4.78 is 0. The summed E-state index contributed by atoms with van der Waals surface area (Å²) in [6, 6.07) is 14.6. The molecular weight excluding hydrogens is 360 g/mol. The SMILES string of the molecule is [NH3+]C(=O)c1ccc(C(=O)CC2=CC(=O)N(Cc3ccccc3)C(=O)C2=O)cc1. The lowest BCUT2D eigenvalue weighted by atomic mass is 9.96. The molecule has 3 N–H and O–H groups in total. The Bertz CT molecular complexity index is 1010. The largest absolute Gasteiger partial charge is 0.340 e. The third kappa shape index (κ3) is 3.99. The molecule has 2 aromatic carbocycles. The van der Waals surface area contributed by atoms with Crippen molar-refractivity contribution in [3.63, 3.8) is 0 Å². The molecule has 0 unspecified atom stereocenters. The van der Waals surface area contributed by atoms with Gasteiger partial charge >= 0.3 is 11.8 Å². The van der Waals surface area contributed by atoms with Crippen LogP contribution in [0.15, 0.2) is 66.2 Å². The Hall–Kier alpha value is -3.71. The lowest BCUT2D eigenvalue weighted by Crippen LogP contribution is -2.56. The van der Waals surface area contributed by atoms with Crippen LogP contribution in [-0.2, 0) is 20.9 Å². The van der Waals surface area contributed by atoms with E-state index < -0.39 is 23.4 Å². The number of ketones is 2. The fourth-order valence-electron chi connectivity index (χ4n) is 2.82. The summed E-state index contributed by atoms with van der Waals surface area (Å²) in [5.74, 6) is -3.25. The number of rotatable bonds is 6. The van der Waals surface area contributed by atoms with Crippen LogP contribution in [0.1, 0.15) is 32.7 Å². The first kappa shape index (κ1) is 19.1. The smallest absolute Gasteiger partial charge is 0.294 e. The summed E-state index contributed by atoms with van der Waals surface area (Å²) >= 11 is 0. The summed E-state index contributed by atoms with van der Waals surface area (Å²) in [6.07, 6.45) is 0.672. The van der Waals surface area contributed by atoms with E-state index in [1.807, 2.05) is 0 Å². The average molecular weight is 377 g/mol. The molecule has 7 heteroatoms. The van der Waals surface area contributed by atoms with Gasteiger partial charge < -0.3 is 0 Å². The highest BCUT2D eigenvalue weighted by atomic mass is 16.2. The van der Waals surface area contributed by atoms with Gasteiger partial charge in [-0.05, 0) is 17.7 Å². The highest BCUT2D eigenvalue weighted by molar-refractivity contribution is 6.48. The third-order valence-corrected chi connectivity index (χ3v) is 4.36. The molecule has 0 aromatic heterocycles. The predicted molar refractivity (Wildman–Crippen MR) is 97.7 cm³/mol. The van der Waals surface area contributed by atoms with Crippen molar-refractivity contribution in [1.29, 1.82) is 0 Å². The summed E-state index contributed by atoms with van der Waals surface area (Å²) in [4.78, 5) is 61.5. The number of hydrogen-bond acceptors (Lipinski definition) is 5. The van der Waals surface area contributed by atoms with Crippen LogP contribution in [-0.4, -0.2) is 34.2 Å². The zero-order valence-electron chi connectivity index (χ0n) is 14.9. The second kappa shape index (κ2) is 7.89. The van der Waals surface area contributed by atoms with Crippen LogP contribution in [0.3, 0.4) is 0 Å². The maximum atomic E-state index is 12.4. The molecule has 1 aliphatic heterocycles. The van der Waals surface area contributed by atoms with Crippen molar-refractivity contribution in [3.8, 4) is 0 Å². The summed E-state index contributed by atoms with van der Waals surface area (Å²) in [5, 5.41) is 0. The van der Waals surface area contributed by atoms with Crippen molar-refractivity contribution < 1.29 is 29.7 Å². The van der Waals surface area contributed by atoms with Crippen LogP contribution >= 0.6 is 0 Å². The van der Waals surface area contributed by atoms with Gasteiger partial charge in [0.25, 0.3) is 5.91 Å². The highest BCUT2D eigenvalue weighted by Gasteiger charge is 2.35. The number of benzene rings is 2. The molecule has 7 nitrogen and oxygen atoms in total. The lowest BCUT2D eigenvalue weighted by molar-refractivity contribution is -0.255. The molecule has 3 amide bonds. The summed E-state index contributed by atoms with van der Waals surface area (Å²) in [6.45, 7) is -0.0114. The van der Waals surface area contributed by atoms with Gasteiger partial charge in [-0.3, -0.25) is 29.8 Å². The van der Waals surface area contributed by atoms with E-state index in [1.54, 1.807) is 30.3 Å². The van der Waals surface area contributed by atoms with Gasteiger partial charge in [0.2, 0.25) is 5.78 Å². The quantitative estimate of drug-likeness (QED) is 0.452. The second-order valence-corrected chi connectivity index (χ2v) is 6.31. The van der Waals surface area contributed by atoms with E-state index in [2.05, 4.69) is 5.73 Å². The Balaban J connectivity index is 1.75. The molecule has 0 saturated heterocycles. The number of nitrogens with zero attached hydrogens (tertiary/aromatic N) is 1.